The lowest BCUT2D eigenvalue weighted by atomic mass is 9.93. The van der Waals surface area contributed by atoms with Crippen LogP contribution in [0.3, 0.4) is 0 Å². The minimum Gasteiger partial charge on any atom is -0.381 e. The molecule has 0 unspecified atom stereocenters. The van der Waals surface area contributed by atoms with Crippen LogP contribution in [0.4, 0.5) is 0 Å². The smallest absolute Gasteiger partial charge is 0.222 e. The monoisotopic (exact) mass is 254 g/mol. The lowest BCUT2D eigenvalue weighted by molar-refractivity contribution is -0.136. The van der Waals surface area contributed by atoms with Gasteiger partial charge in [-0.15, -0.1) is 0 Å². The van der Waals surface area contributed by atoms with Gasteiger partial charge in [-0.3, -0.25) is 9.59 Å². The highest BCUT2D eigenvalue weighted by atomic mass is 16.5. The molecule has 2 aliphatic rings. The van der Waals surface area contributed by atoms with E-state index in [0.29, 0.717) is 25.4 Å². The number of hydrogen-bond acceptors (Lipinski definition) is 3. The predicted octanol–water partition coefficient (Wildman–Crippen LogP) is 0.527. The van der Waals surface area contributed by atoms with Crippen molar-refractivity contribution in [2.45, 2.75) is 32.1 Å². The van der Waals surface area contributed by atoms with Crippen LogP contribution in [-0.4, -0.2) is 43.0 Å². The number of nitrogens with zero attached hydrogens (tertiary/aromatic N) is 1. The van der Waals surface area contributed by atoms with Crippen molar-refractivity contribution >= 4 is 11.8 Å². The number of hydrogen-bond donors (Lipinski definition) is 1. The number of ether oxygens (including phenoxy) is 1. The van der Waals surface area contributed by atoms with Gasteiger partial charge in [0.25, 0.3) is 0 Å². The fraction of sp³-hybridized carbons (Fsp3) is 0.846. The Morgan fingerprint density at radius 3 is 2.28 bits per heavy atom. The molecule has 2 rings (SSSR count). The number of rotatable bonds is 3. The molecule has 102 valence electrons. The highest BCUT2D eigenvalue weighted by molar-refractivity contribution is 5.79. The van der Waals surface area contributed by atoms with Crippen LogP contribution >= 0.6 is 0 Å². The van der Waals surface area contributed by atoms with E-state index >= 15 is 0 Å². The molecule has 5 heteroatoms. The maximum Gasteiger partial charge on any atom is 0.222 e. The highest BCUT2D eigenvalue weighted by Gasteiger charge is 2.27. The number of piperidine rings is 1. The Morgan fingerprint density at radius 1 is 1.11 bits per heavy atom. The van der Waals surface area contributed by atoms with Crippen LogP contribution in [0.5, 0.6) is 0 Å². The van der Waals surface area contributed by atoms with Crippen LogP contribution in [-0.2, 0) is 14.3 Å². The third-order valence-corrected chi connectivity index (χ3v) is 4.05. The summed E-state index contributed by atoms with van der Waals surface area (Å²) in [6.45, 7) is 2.91. The van der Waals surface area contributed by atoms with Crippen molar-refractivity contribution in [2.24, 2.45) is 17.6 Å². The van der Waals surface area contributed by atoms with Crippen LogP contribution in [0.2, 0.25) is 0 Å². The van der Waals surface area contributed by atoms with Gasteiger partial charge in [0.15, 0.2) is 0 Å². The van der Waals surface area contributed by atoms with E-state index in [9.17, 15) is 9.59 Å². The summed E-state index contributed by atoms with van der Waals surface area (Å²) >= 11 is 0. The van der Waals surface area contributed by atoms with Crippen LogP contribution in [0, 0.1) is 11.8 Å². The third kappa shape index (κ3) is 3.45. The summed E-state index contributed by atoms with van der Waals surface area (Å²) in [6.07, 6.45) is 4.04. The molecule has 0 radical (unpaired) electrons. The summed E-state index contributed by atoms with van der Waals surface area (Å²) < 4.78 is 5.29. The number of carbonyl (C=O) groups is 2. The molecular formula is C13H22N2O3. The molecular weight excluding hydrogens is 232 g/mol. The normalized spacial score (nSPS) is 23.0. The fourth-order valence-electron chi connectivity index (χ4n) is 2.74. The zero-order valence-corrected chi connectivity index (χ0v) is 10.8. The Kier molecular flexibility index (Phi) is 4.58. The molecule has 0 atom stereocenters. The summed E-state index contributed by atoms with van der Waals surface area (Å²) in [5.74, 6) is 0.425. The molecule has 5 nitrogen and oxygen atoms in total. The van der Waals surface area contributed by atoms with Crippen molar-refractivity contribution in [1.82, 2.24) is 4.90 Å². The number of likely N-dealkylation sites (tertiary alicyclic amines) is 1. The summed E-state index contributed by atoms with van der Waals surface area (Å²) in [4.78, 5) is 25.0. The zero-order valence-electron chi connectivity index (χ0n) is 10.8. The molecule has 0 saturated carbocycles. The van der Waals surface area contributed by atoms with E-state index in [1.807, 2.05) is 4.90 Å². The molecule has 2 N–H and O–H groups in total. The predicted molar refractivity (Wildman–Crippen MR) is 66.7 cm³/mol. The van der Waals surface area contributed by atoms with Crippen molar-refractivity contribution in [3.05, 3.63) is 0 Å². The summed E-state index contributed by atoms with van der Waals surface area (Å²) in [5.41, 5.74) is 5.28. The third-order valence-electron chi connectivity index (χ3n) is 4.05. The summed E-state index contributed by atoms with van der Waals surface area (Å²) in [5, 5.41) is 0. The molecule has 0 spiro atoms. The first-order valence-electron chi connectivity index (χ1n) is 6.81. The summed E-state index contributed by atoms with van der Waals surface area (Å²) in [7, 11) is 0. The molecule has 0 aromatic carbocycles. The van der Waals surface area contributed by atoms with Gasteiger partial charge in [-0.25, -0.2) is 0 Å². The highest BCUT2D eigenvalue weighted by Crippen LogP contribution is 2.22. The number of primary amides is 1. The second kappa shape index (κ2) is 6.18. The van der Waals surface area contributed by atoms with Gasteiger partial charge in [0.2, 0.25) is 11.8 Å². The average Bonchev–Trinajstić information content (AvgIpc) is 2.40. The standard InChI is InChI=1S/C13H22N2O3/c14-13(17)11-1-5-15(6-2-11)12(16)9-10-3-7-18-8-4-10/h10-11H,1-9H2,(H2,14,17). The molecule has 18 heavy (non-hydrogen) atoms. The van der Waals surface area contributed by atoms with Crippen molar-refractivity contribution in [3.63, 3.8) is 0 Å². The lowest BCUT2D eigenvalue weighted by Gasteiger charge is -2.32. The molecule has 2 amide bonds. The quantitative estimate of drug-likeness (QED) is 0.798. The minimum atomic E-state index is -0.230. The average molecular weight is 254 g/mol. The van der Waals surface area contributed by atoms with E-state index in [1.54, 1.807) is 0 Å². The minimum absolute atomic E-state index is 0.0443. The number of carbonyl (C=O) groups excluding carboxylic acids is 2. The van der Waals surface area contributed by atoms with Gasteiger partial charge in [-0.05, 0) is 31.6 Å². The van der Waals surface area contributed by atoms with Gasteiger partial charge in [-0.1, -0.05) is 0 Å². The van der Waals surface area contributed by atoms with Crippen molar-refractivity contribution in [1.29, 1.82) is 0 Å². The lowest BCUT2D eigenvalue weighted by Crippen LogP contribution is -2.42. The second-order valence-electron chi connectivity index (χ2n) is 5.32. The zero-order chi connectivity index (χ0) is 13.0. The molecule has 2 fully saturated rings. The Hall–Kier alpha value is -1.10. The van der Waals surface area contributed by atoms with Crippen LogP contribution in [0.1, 0.15) is 32.1 Å². The number of nitrogens with two attached hydrogens (primary N) is 1. The maximum atomic E-state index is 12.1. The molecule has 2 saturated heterocycles. The Bertz CT molecular complexity index is 305. The van der Waals surface area contributed by atoms with E-state index in [1.165, 1.54) is 0 Å². The molecule has 2 aliphatic heterocycles. The Labute approximate surface area is 108 Å². The number of amides is 2. The van der Waals surface area contributed by atoms with Crippen molar-refractivity contribution < 1.29 is 14.3 Å². The largest absolute Gasteiger partial charge is 0.381 e. The van der Waals surface area contributed by atoms with Crippen molar-refractivity contribution in [2.75, 3.05) is 26.3 Å². The fourth-order valence-corrected chi connectivity index (χ4v) is 2.74. The van der Waals surface area contributed by atoms with Gasteiger partial charge >= 0.3 is 0 Å². The van der Waals surface area contributed by atoms with Gasteiger partial charge in [0, 0.05) is 38.6 Å². The van der Waals surface area contributed by atoms with E-state index in [4.69, 9.17) is 10.5 Å². The van der Waals surface area contributed by atoms with E-state index in [-0.39, 0.29) is 17.7 Å². The van der Waals surface area contributed by atoms with Gasteiger partial charge < -0.3 is 15.4 Å². The maximum absolute atomic E-state index is 12.1. The molecule has 0 aromatic rings. The van der Waals surface area contributed by atoms with Crippen molar-refractivity contribution in [3.8, 4) is 0 Å². The van der Waals surface area contributed by atoms with E-state index in [2.05, 4.69) is 0 Å². The second-order valence-corrected chi connectivity index (χ2v) is 5.32. The Balaban J connectivity index is 1.75. The van der Waals surface area contributed by atoms with Crippen LogP contribution in [0.25, 0.3) is 0 Å². The van der Waals surface area contributed by atoms with E-state index < -0.39 is 0 Å². The van der Waals surface area contributed by atoms with Crippen LogP contribution in [0.15, 0.2) is 0 Å². The molecule has 0 bridgehead atoms. The summed E-state index contributed by atoms with van der Waals surface area (Å²) in [6, 6.07) is 0. The Morgan fingerprint density at radius 2 is 1.72 bits per heavy atom. The van der Waals surface area contributed by atoms with Gasteiger partial charge in [0.1, 0.15) is 0 Å². The molecule has 2 heterocycles. The molecule has 0 aromatic heterocycles. The first-order chi connectivity index (χ1) is 8.66. The van der Waals surface area contributed by atoms with Crippen LogP contribution < -0.4 is 5.73 Å². The van der Waals surface area contributed by atoms with Gasteiger partial charge in [0.05, 0.1) is 0 Å². The SMILES string of the molecule is NC(=O)C1CCN(C(=O)CC2CCOCC2)CC1. The van der Waals surface area contributed by atoms with E-state index in [0.717, 1.165) is 38.9 Å². The molecule has 0 aliphatic carbocycles. The first kappa shape index (κ1) is 13.3. The first-order valence-corrected chi connectivity index (χ1v) is 6.81. The van der Waals surface area contributed by atoms with Gasteiger partial charge in [-0.2, -0.15) is 0 Å². The topological polar surface area (TPSA) is 72.6 Å².